The molecule has 0 heterocycles. The molecular weight excluding hydrogens is 216 g/mol. The van der Waals surface area contributed by atoms with Gasteiger partial charge in [-0.3, -0.25) is 0 Å². The zero-order valence-corrected chi connectivity index (χ0v) is 10.3. The van der Waals surface area contributed by atoms with Crippen LogP contribution in [0.5, 0.6) is 0 Å². The molecule has 1 rings (SSSR count). The maximum Gasteiger partial charge on any atom is 0.333 e. The van der Waals surface area contributed by atoms with E-state index in [1.54, 1.807) is 13.8 Å². The third-order valence-corrected chi connectivity index (χ3v) is 3.12. The van der Waals surface area contributed by atoms with E-state index in [-0.39, 0.29) is 0 Å². The summed E-state index contributed by atoms with van der Waals surface area (Å²) in [5.74, 6) is -1.20. The molecule has 92 valence electrons. The van der Waals surface area contributed by atoms with E-state index >= 15 is 0 Å². The van der Waals surface area contributed by atoms with Crippen LogP contribution in [0.1, 0.15) is 26.3 Å². The van der Waals surface area contributed by atoms with Crippen molar-refractivity contribution in [3.8, 4) is 0 Å². The molecular formula is C14H18O3. The Morgan fingerprint density at radius 2 is 1.82 bits per heavy atom. The normalized spacial score (nSPS) is 14.5. The second-order valence-electron chi connectivity index (χ2n) is 4.70. The second-order valence-corrected chi connectivity index (χ2v) is 4.70. The SMILES string of the molecule is C/C(=C\c1ccccc1)C(C)(C)C(O)C(=O)O. The highest BCUT2D eigenvalue weighted by Crippen LogP contribution is 2.31. The Morgan fingerprint density at radius 3 is 2.29 bits per heavy atom. The van der Waals surface area contributed by atoms with Crippen LogP contribution in [-0.4, -0.2) is 22.3 Å². The van der Waals surface area contributed by atoms with Gasteiger partial charge in [0.25, 0.3) is 0 Å². The van der Waals surface area contributed by atoms with Crippen LogP contribution in [0.3, 0.4) is 0 Å². The summed E-state index contributed by atoms with van der Waals surface area (Å²) in [5, 5.41) is 18.5. The summed E-state index contributed by atoms with van der Waals surface area (Å²) in [6.45, 7) is 5.28. The van der Waals surface area contributed by atoms with Gasteiger partial charge in [-0.25, -0.2) is 4.79 Å². The lowest BCUT2D eigenvalue weighted by Gasteiger charge is -2.29. The monoisotopic (exact) mass is 234 g/mol. The van der Waals surface area contributed by atoms with Crippen LogP contribution in [0.4, 0.5) is 0 Å². The molecule has 1 unspecified atom stereocenters. The van der Waals surface area contributed by atoms with Crippen molar-refractivity contribution in [2.45, 2.75) is 26.9 Å². The molecule has 0 aromatic heterocycles. The number of carboxylic acid groups (broad SMARTS) is 1. The van der Waals surface area contributed by atoms with E-state index in [0.717, 1.165) is 11.1 Å². The van der Waals surface area contributed by atoms with Crippen molar-refractivity contribution >= 4 is 12.0 Å². The van der Waals surface area contributed by atoms with Crippen molar-refractivity contribution in [3.05, 3.63) is 41.5 Å². The molecule has 1 atom stereocenters. The number of hydrogen-bond donors (Lipinski definition) is 2. The number of hydrogen-bond acceptors (Lipinski definition) is 2. The predicted molar refractivity (Wildman–Crippen MR) is 67.5 cm³/mol. The van der Waals surface area contributed by atoms with E-state index in [4.69, 9.17) is 5.11 Å². The van der Waals surface area contributed by atoms with Crippen LogP contribution in [0.15, 0.2) is 35.9 Å². The molecule has 3 nitrogen and oxygen atoms in total. The molecule has 17 heavy (non-hydrogen) atoms. The Kier molecular flexibility index (Phi) is 4.07. The number of aliphatic hydroxyl groups is 1. The fourth-order valence-electron chi connectivity index (χ4n) is 1.51. The van der Waals surface area contributed by atoms with Gasteiger partial charge in [0, 0.05) is 5.41 Å². The molecule has 0 aliphatic heterocycles. The summed E-state index contributed by atoms with van der Waals surface area (Å²) < 4.78 is 0. The highest BCUT2D eigenvalue weighted by molar-refractivity contribution is 5.74. The molecule has 0 saturated carbocycles. The summed E-state index contributed by atoms with van der Waals surface area (Å²) >= 11 is 0. The van der Waals surface area contributed by atoms with E-state index in [1.807, 2.05) is 43.3 Å². The van der Waals surface area contributed by atoms with Gasteiger partial charge < -0.3 is 10.2 Å². The number of aliphatic hydroxyl groups excluding tert-OH is 1. The van der Waals surface area contributed by atoms with Gasteiger partial charge in [-0.1, -0.05) is 55.8 Å². The quantitative estimate of drug-likeness (QED) is 0.841. The van der Waals surface area contributed by atoms with Crippen molar-refractivity contribution in [2.24, 2.45) is 5.41 Å². The fourth-order valence-corrected chi connectivity index (χ4v) is 1.51. The molecule has 0 amide bonds. The predicted octanol–water partition coefficient (Wildman–Crippen LogP) is 2.56. The molecule has 1 aromatic rings. The van der Waals surface area contributed by atoms with Crippen LogP contribution >= 0.6 is 0 Å². The maximum atomic E-state index is 10.8. The first-order chi connectivity index (χ1) is 7.85. The zero-order chi connectivity index (χ0) is 13.1. The minimum Gasteiger partial charge on any atom is -0.479 e. The Bertz CT molecular complexity index is 418. The lowest BCUT2D eigenvalue weighted by molar-refractivity contribution is -0.151. The lowest BCUT2D eigenvalue weighted by Crippen LogP contribution is -2.37. The van der Waals surface area contributed by atoms with Crippen LogP contribution in [0.2, 0.25) is 0 Å². The van der Waals surface area contributed by atoms with Gasteiger partial charge in [0.15, 0.2) is 6.10 Å². The fraction of sp³-hybridized carbons (Fsp3) is 0.357. The second kappa shape index (κ2) is 5.15. The largest absolute Gasteiger partial charge is 0.479 e. The lowest BCUT2D eigenvalue weighted by atomic mass is 9.79. The first-order valence-electron chi connectivity index (χ1n) is 5.50. The number of carboxylic acids is 1. The van der Waals surface area contributed by atoms with Crippen molar-refractivity contribution < 1.29 is 15.0 Å². The maximum absolute atomic E-state index is 10.8. The molecule has 1 aromatic carbocycles. The highest BCUT2D eigenvalue weighted by atomic mass is 16.4. The molecule has 2 N–H and O–H groups in total. The average molecular weight is 234 g/mol. The Labute approximate surface area is 101 Å². The van der Waals surface area contributed by atoms with Gasteiger partial charge in [-0.15, -0.1) is 0 Å². The standard InChI is InChI=1S/C14H18O3/c1-10(9-11-7-5-4-6-8-11)14(2,3)12(15)13(16)17/h4-9,12,15H,1-3H3,(H,16,17)/b10-9+. The number of benzene rings is 1. The van der Waals surface area contributed by atoms with Crippen LogP contribution in [-0.2, 0) is 4.79 Å². The minimum absolute atomic E-state index is 0.790. The van der Waals surface area contributed by atoms with Crippen molar-refractivity contribution in [1.29, 1.82) is 0 Å². The molecule has 0 radical (unpaired) electrons. The van der Waals surface area contributed by atoms with E-state index in [0.29, 0.717) is 0 Å². The van der Waals surface area contributed by atoms with Gasteiger partial charge >= 0.3 is 5.97 Å². The van der Waals surface area contributed by atoms with Crippen LogP contribution in [0.25, 0.3) is 6.08 Å². The topological polar surface area (TPSA) is 57.5 Å². The summed E-state index contributed by atoms with van der Waals surface area (Å²) in [5.41, 5.74) is 1.04. The van der Waals surface area contributed by atoms with Crippen molar-refractivity contribution in [1.82, 2.24) is 0 Å². The van der Waals surface area contributed by atoms with Crippen molar-refractivity contribution in [2.75, 3.05) is 0 Å². The summed E-state index contributed by atoms with van der Waals surface area (Å²) in [4.78, 5) is 10.8. The molecule has 0 spiro atoms. The Hall–Kier alpha value is -1.61. The van der Waals surface area contributed by atoms with E-state index < -0.39 is 17.5 Å². The van der Waals surface area contributed by atoms with Gasteiger partial charge in [-0.05, 0) is 12.5 Å². The minimum atomic E-state index is -1.40. The molecule has 0 aliphatic rings. The van der Waals surface area contributed by atoms with E-state index in [1.165, 1.54) is 0 Å². The van der Waals surface area contributed by atoms with Gasteiger partial charge in [0.05, 0.1) is 0 Å². The van der Waals surface area contributed by atoms with E-state index in [9.17, 15) is 9.90 Å². The molecule has 3 heteroatoms. The molecule has 0 bridgehead atoms. The summed E-state index contributed by atoms with van der Waals surface area (Å²) in [6, 6.07) is 9.63. The Morgan fingerprint density at radius 1 is 1.29 bits per heavy atom. The first kappa shape index (κ1) is 13.5. The Balaban J connectivity index is 3.00. The smallest absolute Gasteiger partial charge is 0.333 e. The summed E-state index contributed by atoms with van der Waals surface area (Å²) in [7, 11) is 0. The first-order valence-corrected chi connectivity index (χ1v) is 5.50. The van der Waals surface area contributed by atoms with Crippen LogP contribution in [0, 0.1) is 5.41 Å². The van der Waals surface area contributed by atoms with E-state index in [2.05, 4.69) is 0 Å². The number of aliphatic carboxylic acids is 1. The molecule has 0 saturated heterocycles. The highest BCUT2D eigenvalue weighted by Gasteiger charge is 2.34. The van der Waals surface area contributed by atoms with Gasteiger partial charge in [-0.2, -0.15) is 0 Å². The van der Waals surface area contributed by atoms with Crippen molar-refractivity contribution in [3.63, 3.8) is 0 Å². The number of rotatable bonds is 4. The third-order valence-electron chi connectivity index (χ3n) is 3.12. The molecule has 0 fully saturated rings. The van der Waals surface area contributed by atoms with Gasteiger partial charge in [0.2, 0.25) is 0 Å². The molecule has 0 aliphatic carbocycles. The summed E-state index contributed by atoms with van der Waals surface area (Å²) in [6.07, 6.45) is 0.495. The average Bonchev–Trinajstić information content (AvgIpc) is 2.29. The number of carbonyl (C=O) groups is 1. The third kappa shape index (κ3) is 3.17. The zero-order valence-electron chi connectivity index (χ0n) is 10.3. The van der Waals surface area contributed by atoms with Gasteiger partial charge in [0.1, 0.15) is 0 Å². The van der Waals surface area contributed by atoms with Crippen LogP contribution < -0.4 is 0 Å².